The Morgan fingerprint density at radius 1 is 1.04 bits per heavy atom. The van der Waals surface area contributed by atoms with Gasteiger partial charge in [0.05, 0.1) is 7.11 Å². The first-order valence-corrected chi connectivity index (χ1v) is 9.92. The molecule has 6 heteroatoms. The summed E-state index contributed by atoms with van der Waals surface area (Å²) in [7, 11) is 1.34. The number of benzene rings is 2. The number of rotatable bonds is 4. The van der Waals surface area contributed by atoms with Crippen LogP contribution in [0, 0.1) is 13.8 Å². The molecule has 1 N–H and O–H groups in total. The molecule has 0 fully saturated rings. The van der Waals surface area contributed by atoms with Gasteiger partial charge in [0.1, 0.15) is 10.6 Å². The Morgan fingerprint density at radius 2 is 1.74 bits per heavy atom. The summed E-state index contributed by atoms with van der Waals surface area (Å²) in [4.78, 5) is 25.1. The van der Waals surface area contributed by atoms with Crippen LogP contribution in [-0.4, -0.2) is 19.0 Å². The van der Waals surface area contributed by atoms with Gasteiger partial charge in [-0.1, -0.05) is 39.7 Å². The third-order valence-electron chi connectivity index (χ3n) is 4.20. The number of amides is 1. The first kappa shape index (κ1) is 19.3. The minimum atomic E-state index is -0.474. The molecular weight excluding hydrogens is 426 g/mol. The topological polar surface area (TPSA) is 55.4 Å². The van der Waals surface area contributed by atoms with Gasteiger partial charge in [0.2, 0.25) is 0 Å². The molecule has 1 aromatic heterocycles. The van der Waals surface area contributed by atoms with E-state index in [2.05, 4.69) is 21.2 Å². The van der Waals surface area contributed by atoms with Gasteiger partial charge in [0.25, 0.3) is 5.91 Å². The van der Waals surface area contributed by atoms with Crippen LogP contribution in [0.2, 0.25) is 0 Å². The lowest BCUT2D eigenvalue weighted by atomic mass is 9.97. The van der Waals surface area contributed by atoms with Crippen LogP contribution in [0.25, 0.3) is 11.1 Å². The van der Waals surface area contributed by atoms with Crippen molar-refractivity contribution < 1.29 is 14.3 Å². The summed E-state index contributed by atoms with van der Waals surface area (Å²) in [5.74, 6) is -0.750. The van der Waals surface area contributed by atoms with E-state index in [1.165, 1.54) is 18.4 Å². The Balaban J connectivity index is 2.02. The third kappa shape index (κ3) is 4.12. The maximum atomic E-state index is 12.6. The predicted octanol–water partition coefficient (Wildman–Crippen LogP) is 5.83. The summed E-state index contributed by atoms with van der Waals surface area (Å²) in [6.45, 7) is 4.00. The normalized spacial score (nSPS) is 10.5. The van der Waals surface area contributed by atoms with Crippen molar-refractivity contribution in [3.63, 3.8) is 0 Å². The second-order valence-electron chi connectivity index (χ2n) is 6.12. The molecule has 27 heavy (non-hydrogen) atoms. The predicted molar refractivity (Wildman–Crippen MR) is 113 cm³/mol. The number of ether oxygens (including phenoxy) is 1. The van der Waals surface area contributed by atoms with Gasteiger partial charge in [-0.3, -0.25) is 4.79 Å². The molecule has 0 saturated carbocycles. The van der Waals surface area contributed by atoms with Gasteiger partial charge in [-0.25, -0.2) is 4.79 Å². The van der Waals surface area contributed by atoms with E-state index in [1.54, 1.807) is 24.3 Å². The highest BCUT2D eigenvalue weighted by atomic mass is 79.9. The lowest BCUT2D eigenvalue weighted by Crippen LogP contribution is -2.14. The van der Waals surface area contributed by atoms with Gasteiger partial charge in [0, 0.05) is 21.0 Å². The SMILES string of the molecule is COC(=O)c1c(-c2cc(C)ccc2C)csc1NC(=O)c1ccc(Br)cc1. The van der Waals surface area contributed by atoms with Crippen molar-refractivity contribution in [3.8, 4) is 11.1 Å². The van der Waals surface area contributed by atoms with Crippen molar-refractivity contribution >= 4 is 44.1 Å². The molecule has 0 aliphatic carbocycles. The van der Waals surface area contributed by atoms with Gasteiger partial charge < -0.3 is 10.1 Å². The van der Waals surface area contributed by atoms with Gasteiger partial charge in [-0.2, -0.15) is 0 Å². The van der Waals surface area contributed by atoms with E-state index in [4.69, 9.17) is 4.74 Å². The number of aryl methyl sites for hydroxylation is 2. The van der Waals surface area contributed by atoms with Crippen molar-refractivity contribution in [2.45, 2.75) is 13.8 Å². The summed E-state index contributed by atoms with van der Waals surface area (Å²) < 4.78 is 5.87. The average Bonchev–Trinajstić information content (AvgIpc) is 3.06. The van der Waals surface area contributed by atoms with Crippen molar-refractivity contribution in [1.82, 2.24) is 0 Å². The number of nitrogens with one attached hydrogen (secondary N) is 1. The van der Waals surface area contributed by atoms with Crippen LogP contribution >= 0.6 is 27.3 Å². The minimum absolute atomic E-state index is 0.276. The second kappa shape index (κ2) is 8.06. The molecule has 0 bridgehead atoms. The van der Waals surface area contributed by atoms with Crippen molar-refractivity contribution in [1.29, 1.82) is 0 Å². The highest BCUT2D eigenvalue weighted by molar-refractivity contribution is 9.10. The summed E-state index contributed by atoms with van der Waals surface area (Å²) >= 11 is 4.67. The number of carbonyl (C=O) groups is 2. The smallest absolute Gasteiger partial charge is 0.341 e. The number of thiophene rings is 1. The molecule has 0 atom stereocenters. The molecule has 1 amide bonds. The van der Waals surface area contributed by atoms with Crippen LogP contribution in [0.4, 0.5) is 5.00 Å². The van der Waals surface area contributed by atoms with E-state index in [0.717, 1.165) is 26.7 Å². The largest absolute Gasteiger partial charge is 0.465 e. The fourth-order valence-corrected chi connectivity index (χ4v) is 3.96. The third-order valence-corrected chi connectivity index (χ3v) is 5.62. The van der Waals surface area contributed by atoms with Crippen LogP contribution in [0.5, 0.6) is 0 Å². The number of hydrogen-bond acceptors (Lipinski definition) is 4. The Hall–Kier alpha value is -2.44. The molecule has 0 saturated heterocycles. The molecule has 138 valence electrons. The highest BCUT2D eigenvalue weighted by Gasteiger charge is 2.23. The Kier molecular flexibility index (Phi) is 5.77. The van der Waals surface area contributed by atoms with Crippen LogP contribution in [0.3, 0.4) is 0 Å². The second-order valence-corrected chi connectivity index (χ2v) is 7.92. The van der Waals surface area contributed by atoms with Crippen molar-refractivity contribution in [2.75, 3.05) is 12.4 Å². The zero-order valence-electron chi connectivity index (χ0n) is 15.1. The van der Waals surface area contributed by atoms with E-state index >= 15 is 0 Å². The minimum Gasteiger partial charge on any atom is -0.465 e. The Labute approximate surface area is 170 Å². The van der Waals surface area contributed by atoms with Crippen LogP contribution in [0.1, 0.15) is 31.8 Å². The number of hydrogen-bond donors (Lipinski definition) is 1. The van der Waals surface area contributed by atoms with Crippen molar-refractivity contribution in [3.05, 3.63) is 74.6 Å². The molecule has 0 unspecified atom stereocenters. The van der Waals surface area contributed by atoms with Crippen LogP contribution < -0.4 is 5.32 Å². The number of halogens is 1. The van der Waals surface area contributed by atoms with Gasteiger partial charge >= 0.3 is 5.97 Å². The van der Waals surface area contributed by atoms with Gasteiger partial charge in [-0.15, -0.1) is 11.3 Å². The number of methoxy groups -OCH3 is 1. The zero-order valence-corrected chi connectivity index (χ0v) is 17.5. The van der Waals surface area contributed by atoms with E-state index in [1.807, 2.05) is 37.4 Å². The molecule has 3 rings (SSSR count). The molecule has 2 aromatic carbocycles. The zero-order chi connectivity index (χ0) is 19.6. The number of esters is 1. The number of anilines is 1. The number of carbonyl (C=O) groups excluding carboxylic acids is 2. The maximum Gasteiger partial charge on any atom is 0.341 e. The average molecular weight is 444 g/mol. The molecule has 4 nitrogen and oxygen atoms in total. The van der Waals surface area contributed by atoms with Crippen LogP contribution in [-0.2, 0) is 4.74 Å². The summed E-state index contributed by atoms with van der Waals surface area (Å²) in [6.07, 6.45) is 0. The molecule has 1 heterocycles. The summed E-state index contributed by atoms with van der Waals surface area (Å²) in [6, 6.07) is 13.1. The molecule has 0 aliphatic heterocycles. The quantitative estimate of drug-likeness (QED) is 0.515. The molecular formula is C21H18BrNO3S. The molecule has 0 spiro atoms. The van der Waals surface area contributed by atoms with Gasteiger partial charge in [0.15, 0.2) is 0 Å². The molecule has 0 aliphatic rings. The standard InChI is InChI=1S/C21H18BrNO3S/c1-12-4-5-13(2)16(10-12)17-11-27-20(18(17)21(25)26-3)23-19(24)14-6-8-15(22)9-7-14/h4-11H,1-3H3,(H,23,24). The van der Waals surface area contributed by atoms with E-state index in [-0.39, 0.29) is 5.91 Å². The van der Waals surface area contributed by atoms with Crippen LogP contribution in [0.15, 0.2) is 52.3 Å². The first-order valence-electron chi connectivity index (χ1n) is 8.25. The fourth-order valence-electron chi connectivity index (χ4n) is 2.76. The molecule has 0 radical (unpaired) electrons. The Bertz CT molecular complexity index is 1010. The lowest BCUT2D eigenvalue weighted by Gasteiger charge is -2.10. The highest BCUT2D eigenvalue weighted by Crippen LogP contribution is 2.38. The Morgan fingerprint density at radius 3 is 2.41 bits per heavy atom. The fraction of sp³-hybridized carbons (Fsp3) is 0.143. The molecule has 3 aromatic rings. The first-order chi connectivity index (χ1) is 12.9. The monoisotopic (exact) mass is 443 g/mol. The van der Waals surface area contributed by atoms with Crippen molar-refractivity contribution in [2.24, 2.45) is 0 Å². The summed E-state index contributed by atoms with van der Waals surface area (Å²) in [5.41, 5.74) is 4.75. The lowest BCUT2D eigenvalue weighted by molar-refractivity contribution is 0.0603. The van der Waals surface area contributed by atoms with E-state index in [9.17, 15) is 9.59 Å². The van der Waals surface area contributed by atoms with E-state index < -0.39 is 5.97 Å². The summed E-state index contributed by atoms with van der Waals surface area (Å²) in [5, 5.41) is 5.21. The van der Waals surface area contributed by atoms with Gasteiger partial charge in [-0.05, 0) is 49.2 Å². The van der Waals surface area contributed by atoms with E-state index in [0.29, 0.717) is 16.1 Å². The maximum absolute atomic E-state index is 12.6.